The molecule has 0 fully saturated rings. The van der Waals surface area contributed by atoms with Crippen LogP contribution < -0.4 is 10.1 Å². The van der Waals surface area contributed by atoms with Gasteiger partial charge in [-0.05, 0) is 63.5 Å². The summed E-state index contributed by atoms with van der Waals surface area (Å²) in [7, 11) is 3.91. The molecule has 3 nitrogen and oxygen atoms in total. The fourth-order valence-corrected chi connectivity index (χ4v) is 2.31. The normalized spacial score (nSPS) is 12.9. The third-order valence-electron chi connectivity index (χ3n) is 3.87. The average molecular weight is 292 g/mol. The van der Waals surface area contributed by atoms with Gasteiger partial charge in [0.15, 0.2) is 0 Å². The highest BCUT2D eigenvalue weighted by atomic mass is 16.5. The zero-order chi connectivity index (χ0) is 15.7. The Morgan fingerprint density at radius 1 is 1.14 bits per heavy atom. The largest absolute Gasteiger partial charge is 0.497 e. The van der Waals surface area contributed by atoms with Crippen molar-refractivity contribution in [3.05, 3.63) is 29.8 Å². The lowest BCUT2D eigenvalue weighted by Gasteiger charge is -2.25. The molecule has 21 heavy (non-hydrogen) atoms. The van der Waals surface area contributed by atoms with Crippen LogP contribution in [0, 0.1) is 5.92 Å². The predicted octanol–water partition coefficient (Wildman–Crippen LogP) is 3.54. The van der Waals surface area contributed by atoms with Crippen LogP contribution in [-0.2, 0) is 6.54 Å². The number of rotatable bonds is 10. The Morgan fingerprint density at radius 2 is 1.81 bits per heavy atom. The molecule has 0 aliphatic heterocycles. The summed E-state index contributed by atoms with van der Waals surface area (Å²) in [5, 5.41) is 3.51. The van der Waals surface area contributed by atoms with Gasteiger partial charge in [0.25, 0.3) is 0 Å². The Morgan fingerprint density at radius 3 is 2.38 bits per heavy atom. The second kappa shape index (κ2) is 9.80. The maximum atomic E-state index is 5.19. The van der Waals surface area contributed by atoms with E-state index >= 15 is 0 Å². The summed E-state index contributed by atoms with van der Waals surface area (Å²) < 4.78 is 5.19. The molecule has 0 bridgehead atoms. The number of nitrogens with zero attached hydrogens (tertiary/aromatic N) is 1. The first-order valence-electron chi connectivity index (χ1n) is 8.06. The predicted molar refractivity (Wildman–Crippen MR) is 90.9 cm³/mol. The van der Waals surface area contributed by atoms with Crippen molar-refractivity contribution in [1.82, 2.24) is 10.2 Å². The molecule has 0 radical (unpaired) electrons. The number of benzene rings is 1. The minimum atomic E-state index is 0.605. The maximum absolute atomic E-state index is 5.19. The molecule has 1 unspecified atom stereocenters. The van der Waals surface area contributed by atoms with Gasteiger partial charge >= 0.3 is 0 Å². The van der Waals surface area contributed by atoms with Crippen LogP contribution in [-0.4, -0.2) is 38.2 Å². The van der Waals surface area contributed by atoms with E-state index < -0.39 is 0 Å². The van der Waals surface area contributed by atoms with Crippen molar-refractivity contribution >= 4 is 0 Å². The van der Waals surface area contributed by atoms with E-state index in [1.807, 2.05) is 12.1 Å². The minimum Gasteiger partial charge on any atom is -0.497 e. The second-order valence-corrected chi connectivity index (χ2v) is 6.35. The molecule has 0 aliphatic carbocycles. The number of nitrogens with one attached hydrogen (secondary N) is 1. The van der Waals surface area contributed by atoms with Gasteiger partial charge in [-0.25, -0.2) is 0 Å². The molecule has 0 spiro atoms. The average Bonchev–Trinajstić information content (AvgIpc) is 2.47. The molecule has 1 atom stereocenters. The lowest BCUT2D eigenvalue weighted by Crippen LogP contribution is -2.30. The van der Waals surface area contributed by atoms with E-state index in [-0.39, 0.29) is 0 Å². The summed E-state index contributed by atoms with van der Waals surface area (Å²) >= 11 is 0. The van der Waals surface area contributed by atoms with E-state index in [1.54, 1.807) is 7.11 Å². The summed E-state index contributed by atoms with van der Waals surface area (Å²) in [5.74, 6) is 1.66. The first-order chi connectivity index (χ1) is 10.0. The van der Waals surface area contributed by atoms with Crippen LogP contribution >= 0.6 is 0 Å². The molecule has 1 N–H and O–H groups in total. The Bertz CT molecular complexity index is 375. The van der Waals surface area contributed by atoms with Crippen molar-refractivity contribution in [3.63, 3.8) is 0 Å². The number of hydrogen-bond donors (Lipinski definition) is 1. The van der Waals surface area contributed by atoms with Gasteiger partial charge in [-0.2, -0.15) is 0 Å². The lowest BCUT2D eigenvalue weighted by atomic mass is 10.1. The molecular weight excluding hydrogens is 260 g/mol. The Kier molecular flexibility index (Phi) is 8.40. The SMILES string of the molecule is COc1ccc(CN(C)C(C)CCCNCC(C)C)cc1. The number of ether oxygens (including phenoxy) is 1. The second-order valence-electron chi connectivity index (χ2n) is 6.35. The molecule has 1 aromatic rings. The van der Waals surface area contributed by atoms with Crippen molar-refractivity contribution in [2.24, 2.45) is 5.92 Å². The van der Waals surface area contributed by atoms with Gasteiger partial charge in [0.1, 0.15) is 5.75 Å². The fourth-order valence-electron chi connectivity index (χ4n) is 2.31. The third-order valence-corrected chi connectivity index (χ3v) is 3.87. The summed E-state index contributed by atoms with van der Waals surface area (Å²) in [6.07, 6.45) is 2.47. The summed E-state index contributed by atoms with van der Waals surface area (Å²) in [5.41, 5.74) is 1.34. The van der Waals surface area contributed by atoms with Crippen molar-refractivity contribution < 1.29 is 4.74 Å². The van der Waals surface area contributed by atoms with E-state index in [2.05, 4.69) is 50.2 Å². The first kappa shape index (κ1) is 18.0. The number of methoxy groups -OCH3 is 1. The molecule has 0 saturated heterocycles. The van der Waals surface area contributed by atoms with Gasteiger partial charge in [0.05, 0.1) is 7.11 Å². The number of hydrogen-bond acceptors (Lipinski definition) is 3. The van der Waals surface area contributed by atoms with Crippen LogP contribution in [0.25, 0.3) is 0 Å². The van der Waals surface area contributed by atoms with Crippen LogP contribution in [0.3, 0.4) is 0 Å². The molecule has 1 aromatic carbocycles. The molecular formula is C18H32N2O. The standard InChI is InChI=1S/C18H32N2O/c1-15(2)13-19-12-6-7-16(3)20(4)14-17-8-10-18(21-5)11-9-17/h8-11,15-16,19H,6-7,12-14H2,1-5H3. The highest BCUT2D eigenvalue weighted by molar-refractivity contribution is 5.27. The van der Waals surface area contributed by atoms with Crippen LogP contribution in [0.4, 0.5) is 0 Å². The zero-order valence-electron chi connectivity index (χ0n) is 14.4. The van der Waals surface area contributed by atoms with Crippen molar-refractivity contribution in [3.8, 4) is 5.75 Å². The van der Waals surface area contributed by atoms with Gasteiger partial charge in [-0.1, -0.05) is 26.0 Å². The Hall–Kier alpha value is -1.06. The highest BCUT2D eigenvalue weighted by Crippen LogP contribution is 2.14. The molecule has 0 heterocycles. The quantitative estimate of drug-likeness (QED) is 0.668. The highest BCUT2D eigenvalue weighted by Gasteiger charge is 2.09. The molecule has 120 valence electrons. The van der Waals surface area contributed by atoms with Gasteiger partial charge in [-0.15, -0.1) is 0 Å². The van der Waals surface area contributed by atoms with E-state index in [0.29, 0.717) is 6.04 Å². The van der Waals surface area contributed by atoms with Crippen molar-refractivity contribution in [2.75, 3.05) is 27.2 Å². The van der Waals surface area contributed by atoms with Gasteiger partial charge < -0.3 is 10.1 Å². The molecule has 0 aromatic heterocycles. The smallest absolute Gasteiger partial charge is 0.118 e. The fraction of sp³-hybridized carbons (Fsp3) is 0.667. The monoisotopic (exact) mass is 292 g/mol. The molecule has 3 heteroatoms. The van der Waals surface area contributed by atoms with Crippen LogP contribution in [0.1, 0.15) is 39.2 Å². The molecule has 0 aliphatic rings. The molecule has 0 saturated carbocycles. The van der Waals surface area contributed by atoms with E-state index in [9.17, 15) is 0 Å². The van der Waals surface area contributed by atoms with E-state index in [0.717, 1.165) is 31.3 Å². The summed E-state index contributed by atoms with van der Waals surface area (Å²) in [6.45, 7) is 10.0. The summed E-state index contributed by atoms with van der Waals surface area (Å²) in [4.78, 5) is 2.42. The van der Waals surface area contributed by atoms with E-state index in [1.165, 1.54) is 18.4 Å². The van der Waals surface area contributed by atoms with Crippen LogP contribution in [0.5, 0.6) is 5.75 Å². The summed E-state index contributed by atoms with van der Waals surface area (Å²) in [6, 6.07) is 8.96. The van der Waals surface area contributed by atoms with Gasteiger partial charge in [0.2, 0.25) is 0 Å². The maximum Gasteiger partial charge on any atom is 0.118 e. The van der Waals surface area contributed by atoms with Crippen LogP contribution in [0.2, 0.25) is 0 Å². The van der Waals surface area contributed by atoms with Crippen molar-refractivity contribution in [1.29, 1.82) is 0 Å². The Balaban J connectivity index is 2.25. The van der Waals surface area contributed by atoms with Crippen molar-refractivity contribution in [2.45, 2.75) is 46.2 Å². The van der Waals surface area contributed by atoms with Gasteiger partial charge in [0, 0.05) is 12.6 Å². The molecule has 1 rings (SSSR count). The first-order valence-corrected chi connectivity index (χ1v) is 8.06. The minimum absolute atomic E-state index is 0.605. The molecule has 0 amide bonds. The lowest BCUT2D eigenvalue weighted by molar-refractivity contribution is 0.234. The van der Waals surface area contributed by atoms with Gasteiger partial charge in [-0.3, -0.25) is 4.90 Å². The van der Waals surface area contributed by atoms with Crippen LogP contribution in [0.15, 0.2) is 24.3 Å². The Labute approximate surface area is 130 Å². The van der Waals surface area contributed by atoms with E-state index in [4.69, 9.17) is 4.74 Å². The zero-order valence-corrected chi connectivity index (χ0v) is 14.4. The topological polar surface area (TPSA) is 24.5 Å². The third kappa shape index (κ3) is 7.49.